The van der Waals surface area contributed by atoms with Crippen molar-refractivity contribution < 1.29 is 13.2 Å². The smallest absolute Gasteiger partial charge is 0.263 e. The van der Waals surface area contributed by atoms with Crippen LogP contribution in [-0.4, -0.2) is 81.8 Å². The molecule has 0 saturated carbocycles. The third-order valence-corrected chi connectivity index (χ3v) is 7.09. The number of carbonyl (C=O) groups excluding carboxylic acids is 1. The Morgan fingerprint density at radius 3 is 2.50 bits per heavy atom. The van der Waals surface area contributed by atoms with Gasteiger partial charge in [-0.2, -0.15) is 0 Å². The number of hydrogen-bond acceptors (Lipinski definition) is 6. The first-order valence-corrected chi connectivity index (χ1v) is 12.2. The van der Waals surface area contributed by atoms with Crippen LogP contribution in [0.5, 0.6) is 0 Å². The Bertz CT molecular complexity index is 876. The van der Waals surface area contributed by atoms with Gasteiger partial charge in [0.15, 0.2) is 0 Å². The van der Waals surface area contributed by atoms with Gasteiger partial charge in [-0.05, 0) is 37.6 Å². The number of likely N-dealkylation sites (N-methyl/N-ethyl adjacent to an activating group) is 1. The predicted octanol–water partition coefficient (Wildman–Crippen LogP) is 0.894. The standard InChI is InChI=1S/C21H33N5O3S/c1-4-25-12-14-26(15-13-25)11-7-10-22-21(27)19(16(2)3)23-20-17-8-5-6-9-18(17)30(28,29)24-20/h5-6,8-9,16,19H,4,7,10-15H2,1-3H3,(H,22,27)(H,23,24)/t19-/m0/s1. The maximum absolute atomic E-state index is 12.8. The molecule has 8 nitrogen and oxygen atoms in total. The van der Waals surface area contributed by atoms with Crippen molar-refractivity contribution in [1.82, 2.24) is 19.8 Å². The third-order valence-electron chi connectivity index (χ3n) is 5.69. The molecule has 1 amide bonds. The summed E-state index contributed by atoms with van der Waals surface area (Å²) in [6, 6.07) is 6.05. The first-order chi connectivity index (χ1) is 14.3. The van der Waals surface area contributed by atoms with E-state index in [-0.39, 0.29) is 22.6 Å². The average Bonchev–Trinajstić information content (AvgIpc) is 3.00. The second-order valence-electron chi connectivity index (χ2n) is 8.19. The van der Waals surface area contributed by atoms with Crippen LogP contribution in [0.3, 0.4) is 0 Å². The molecule has 2 N–H and O–H groups in total. The molecular formula is C21H33N5O3S. The van der Waals surface area contributed by atoms with Gasteiger partial charge in [-0.3, -0.25) is 14.5 Å². The summed E-state index contributed by atoms with van der Waals surface area (Å²) < 4.78 is 27.1. The SMILES string of the molecule is CCN1CCN(CCCNC(=O)[C@@H](N=C2NS(=O)(=O)c3ccccc32)C(C)C)CC1. The van der Waals surface area contributed by atoms with E-state index in [2.05, 4.69) is 31.8 Å². The summed E-state index contributed by atoms with van der Waals surface area (Å²) in [6.07, 6.45) is 0.884. The molecule has 1 atom stereocenters. The number of rotatable bonds is 8. The molecule has 2 aliphatic heterocycles. The minimum absolute atomic E-state index is 0.0584. The van der Waals surface area contributed by atoms with Gasteiger partial charge in [0, 0.05) is 38.3 Å². The fourth-order valence-electron chi connectivity index (χ4n) is 3.83. The van der Waals surface area contributed by atoms with Gasteiger partial charge < -0.3 is 15.1 Å². The van der Waals surface area contributed by atoms with Gasteiger partial charge in [-0.15, -0.1) is 0 Å². The Morgan fingerprint density at radius 2 is 1.83 bits per heavy atom. The summed E-state index contributed by atoms with van der Waals surface area (Å²) in [7, 11) is -3.61. The van der Waals surface area contributed by atoms with Gasteiger partial charge in [0.2, 0.25) is 5.91 Å². The van der Waals surface area contributed by atoms with Crippen LogP contribution < -0.4 is 10.0 Å². The molecule has 1 aromatic carbocycles. The second kappa shape index (κ2) is 9.89. The predicted molar refractivity (Wildman–Crippen MR) is 118 cm³/mol. The normalized spacial score (nSPS) is 21.4. The number of amidine groups is 1. The van der Waals surface area contributed by atoms with Crippen LogP contribution in [-0.2, 0) is 14.8 Å². The van der Waals surface area contributed by atoms with E-state index >= 15 is 0 Å². The summed E-state index contributed by atoms with van der Waals surface area (Å²) in [5.41, 5.74) is 0.516. The van der Waals surface area contributed by atoms with Gasteiger partial charge in [-0.1, -0.05) is 32.9 Å². The number of nitrogens with one attached hydrogen (secondary N) is 2. The fourth-order valence-corrected chi connectivity index (χ4v) is 5.07. The van der Waals surface area contributed by atoms with Crippen molar-refractivity contribution in [3.8, 4) is 0 Å². The topological polar surface area (TPSA) is 94.1 Å². The first kappa shape index (κ1) is 22.7. The van der Waals surface area contributed by atoms with Crippen molar-refractivity contribution in [3.05, 3.63) is 29.8 Å². The molecule has 0 spiro atoms. The zero-order valence-electron chi connectivity index (χ0n) is 18.1. The van der Waals surface area contributed by atoms with Crippen molar-refractivity contribution in [2.24, 2.45) is 10.9 Å². The summed E-state index contributed by atoms with van der Waals surface area (Å²) in [4.78, 5) is 22.3. The lowest BCUT2D eigenvalue weighted by molar-refractivity contribution is -0.123. The largest absolute Gasteiger partial charge is 0.354 e. The highest BCUT2D eigenvalue weighted by Gasteiger charge is 2.32. The molecule has 2 aliphatic rings. The highest BCUT2D eigenvalue weighted by Crippen LogP contribution is 2.23. The van der Waals surface area contributed by atoms with Gasteiger partial charge >= 0.3 is 0 Å². The van der Waals surface area contributed by atoms with Gasteiger partial charge in [0.1, 0.15) is 11.9 Å². The number of amides is 1. The van der Waals surface area contributed by atoms with Crippen molar-refractivity contribution in [3.63, 3.8) is 0 Å². The molecule has 0 aliphatic carbocycles. The van der Waals surface area contributed by atoms with Crippen LogP contribution in [0.15, 0.2) is 34.2 Å². The number of piperazine rings is 1. The molecule has 0 aromatic heterocycles. The molecule has 1 fully saturated rings. The average molecular weight is 436 g/mol. The van der Waals surface area contributed by atoms with Gasteiger partial charge in [0.25, 0.3) is 10.0 Å². The van der Waals surface area contributed by atoms with E-state index in [1.165, 1.54) is 0 Å². The Labute approximate surface area is 179 Å². The number of nitrogens with zero attached hydrogens (tertiary/aromatic N) is 3. The van der Waals surface area contributed by atoms with Crippen LogP contribution >= 0.6 is 0 Å². The van der Waals surface area contributed by atoms with Crippen molar-refractivity contribution in [2.75, 3.05) is 45.8 Å². The molecule has 1 aromatic rings. The second-order valence-corrected chi connectivity index (χ2v) is 9.84. The Kier molecular flexibility index (Phi) is 7.49. The Hall–Kier alpha value is -1.97. The fraction of sp³-hybridized carbons (Fsp3) is 0.619. The van der Waals surface area contributed by atoms with Crippen molar-refractivity contribution >= 4 is 21.8 Å². The summed E-state index contributed by atoms with van der Waals surface area (Å²) in [5.74, 6) is 0.0158. The van der Waals surface area contributed by atoms with E-state index in [4.69, 9.17) is 0 Å². The maximum atomic E-state index is 12.8. The summed E-state index contributed by atoms with van der Waals surface area (Å²) >= 11 is 0. The number of fused-ring (bicyclic) bond motifs is 1. The summed E-state index contributed by atoms with van der Waals surface area (Å²) in [6.45, 7) is 13.0. The van der Waals surface area contributed by atoms with E-state index in [1.807, 2.05) is 13.8 Å². The quantitative estimate of drug-likeness (QED) is 0.592. The minimum Gasteiger partial charge on any atom is -0.354 e. The van der Waals surface area contributed by atoms with Gasteiger partial charge in [-0.25, -0.2) is 8.42 Å². The number of sulfonamides is 1. The molecule has 30 heavy (non-hydrogen) atoms. The lowest BCUT2D eigenvalue weighted by Gasteiger charge is -2.34. The maximum Gasteiger partial charge on any atom is 0.263 e. The highest BCUT2D eigenvalue weighted by atomic mass is 32.2. The molecule has 0 unspecified atom stereocenters. The number of aliphatic imine (C=N–C) groups is 1. The highest BCUT2D eigenvalue weighted by molar-refractivity contribution is 7.90. The molecule has 9 heteroatoms. The zero-order chi connectivity index (χ0) is 21.7. The van der Waals surface area contributed by atoms with Crippen molar-refractivity contribution in [1.29, 1.82) is 0 Å². The Morgan fingerprint density at radius 1 is 1.17 bits per heavy atom. The molecule has 0 radical (unpaired) electrons. The third kappa shape index (κ3) is 5.39. The molecule has 1 saturated heterocycles. The van der Waals surface area contributed by atoms with E-state index in [9.17, 15) is 13.2 Å². The van der Waals surface area contributed by atoms with E-state index in [0.29, 0.717) is 12.1 Å². The Balaban J connectivity index is 1.55. The van der Waals surface area contributed by atoms with Crippen LogP contribution in [0.4, 0.5) is 0 Å². The first-order valence-electron chi connectivity index (χ1n) is 10.7. The monoisotopic (exact) mass is 435 g/mol. The zero-order valence-corrected chi connectivity index (χ0v) is 18.9. The van der Waals surface area contributed by atoms with Crippen LogP contribution in [0.25, 0.3) is 0 Å². The number of benzene rings is 1. The minimum atomic E-state index is -3.61. The van der Waals surface area contributed by atoms with Crippen molar-refractivity contribution in [2.45, 2.75) is 38.1 Å². The number of hydrogen-bond donors (Lipinski definition) is 2. The molecular weight excluding hydrogens is 402 g/mol. The van der Waals surface area contributed by atoms with Crippen LogP contribution in [0.1, 0.15) is 32.8 Å². The lowest BCUT2D eigenvalue weighted by atomic mass is 10.0. The molecule has 166 valence electrons. The lowest BCUT2D eigenvalue weighted by Crippen LogP contribution is -2.47. The number of carbonyl (C=O) groups is 1. The van der Waals surface area contributed by atoms with Crippen LogP contribution in [0.2, 0.25) is 0 Å². The van der Waals surface area contributed by atoms with Gasteiger partial charge in [0.05, 0.1) is 4.90 Å². The molecule has 2 heterocycles. The van der Waals surface area contributed by atoms with E-state index < -0.39 is 16.1 Å². The molecule has 3 rings (SSSR count). The van der Waals surface area contributed by atoms with Crippen LogP contribution in [0, 0.1) is 5.92 Å². The molecule has 0 bridgehead atoms. The van der Waals surface area contributed by atoms with E-state index in [1.54, 1.807) is 24.3 Å². The van der Waals surface area contributed by atoms with E-state index in [0.717, 1.165) is 45.7 Å². The summed E-state index contributed by atoms with van der Waals surface area (Å²) in [5, 5.41) is 2.98.